The Labute approximate surface area is 133 Å². The summed E-state index contributed by atoms with van der Waals surface area (Å²) in [7, 11) is 0. The van der Waals surface area contributed by atoms with Crippen molar-refractivity contribution in [2.45, 2.75) is 39.0 Å². The first-order valence-corrected chi connectivity index (χ1v) is 8.27. The minimum Gasteiger partial charge on any atom is -0.501 e. The van der Waals surface area contributed by atoms with Crippen LogP contribution in [0, 0.1) is 0 Å². The molecular weight excluding hydrogens is 268 g/mol. The highest BCUT2D eigenvalue weighted by molar-refractivity contribution is 5.64. The Morgan fingerprint density at radius 3 is 2.59 bits per heavy atom. The number of hydrogen-bond donors (Lipinski definition) is 0. The summed E-state index contributed by atoms with van der Waals surface area (Å²) in [6.45, 7) is 2.86. The molecule has 1 aliphatic carbocycles. The van der Waals surface area contributed by atoms with Crippen LogP contribution >= 0.6 is 0 Å². The molecule has 0 unspecified atom stereocenters. The van der Waals surface area contributed by atoms with Gasteiger partial charge in [-0.2, -0.15) is 0 Å². The molecule has 22 heavy (non-hydrogen) atoms. The van der Waals surface area contributed by atoms with Crippen molar-refractivity contribution >= 4 is 5.57 Å². The number of fused-ring (bicyclic) bond motifs is 1. The second-order valence-electron chi connectivity index (χ2n) is 6.10. The van der Waals surface area contributed by atoms with Crippen LogP contribution in [0.5, 0.6) is 0 Å². The molecule has 0 atom stereocenters. The van der Waals surface area contributed by atoms with E-state index in [-0.39, 0.29) is 0 Å². The molecule has 0 fully saturated rings. The number of allylic oxidation sites excluding steroid dienone is 1. The molecule has 1 aliphatic rings. The lowest BCUT2D eigenvalue weighted by atomic mass is 9.89. The van der Waals surface area contributed by atoms with Crippen molar-refractivity contribution in [2.24, 2.45) is 0 Å². The van der Waals surface area contributed by atoms with Crippen molar-refractivity contribution < 1.29 is 4.74 Å². The number of aryl methyl sites for hydroxylation is 2. The van der Waals surface area contributed by atoms with Gasteiger partial charge in [0, 0.05) is 6.42 Å². The third kappa shape index (κ3) is 3.79. The minimum absolute atomic E-state index is 0.728. The van der Waals surface area contributed by atoms with Gasteiger partial charge in [0.2, 0.25) is 0 Å². The molecular formula is C21H24O. The summed E-state index contributed by atoms with van der Waals surface area (Å²) in [5.74, 6) is 0. The summed E-state index contributed by atoms with van der Waals surface area (Å²) < 4.78 is 5.74. The third-order valence-electron chi connectivity index (χ3n) is 4.42. The first kappa shape index (κ1) is 14.9. The van der Waals surface area contributed by atoms with E-state index in [1.807, 2.05) is 12.3 Å². The first-order chi connectivity index (χ1) is 10.8. The summed E-state index contributed by atoms with van der Waals surface area (Å²) in [6.07, 6.45) is 8.00. The van der Waals surface area contributed by atoms with Crippen LogP contribution in [-0.2, 0) is 24.0 Å². The molecule has 2 aromatic rings. The van der Waals surface area contributed by atoms with Crippen LogP contribution in [0.4, 0.5) is 0 Å². The second kappa shape index (κ2) is 7.31. The summed E-state index contributed by atoms with van der Waals surface area (Å²) in [5, 5.41) is 0. The lowest BCUT2D eigenvalue weighted by Gasteiger charge is -2.16. The highest BCUT2D eigenvalue weighted by Crippen LogP contribution is 2.25. The summed E-state index contributed by atoms with van der Waals surface area (Å²) in [4.78, 5) is 0. The number of rotatable bonds is 5. The normalized spacial score (nSPS) is 14.5. The standard InChI is InChI=1S/C21H24O/c1-17(16-22-14-13-18-7-3-2-4-8-18)20-12-11-19-9-5-6-10-21(19)15-20/h2-4,7-8,11-12,15-16H,5-6,9-10,13-14H2,1H3. The van der Waals surface area contributed by atoms with E-state index in [1.54, 1.807) is 0 Å². The van der Waals surface area contributed by atoms with Gasteiger partial charge in [0.05, 0.1) is 12.9 Å². The molecule has 0 bridgehead atoms. The van der Waals surface area contributed by atoms with E-state index >= 15 is 0 Å². The molecule has 0 N–H and O–H groups in total. The molecule has 3 rings (SSSR count). The number of hydrogen-bond acceptors (Lipinski definition) is 1. The zero-order chi connectivity index (χ0) is 15.2. The van der Waals surface area contributed by atoms with E-state index in [0.717, 1.165) is 13.0 Å². The highest BCUT2D eigenvalue weighted by Gasteiger charge is 2.09. The molecule has 0 heterocycles. The van der Waals surface area contributed by atoms with Gasteiger partial charge in [-0.25, -0.2) is 0 Å². The van der Waals surface area contributed by atoms with Crippen LogP contribution in [0.1, 0.15) is 42.0 Å². The van der Waals surface area contributed by atoms with Gasteiger partial charge in [-0.05, 0) is 60.4 Å². The van der Waals surface area contributed by atoms with Crippen LogP contribution in [0.3, 0.4) is 0 Å². The van der Waals surface area contributed by atoms with Gasteiger partial charge in [-0.15, -0.1) is 0 Å². The van der Waals surface area contributed by atoms with E-state index in [4.69, 9.17) is 4.74 Å². The maximum absolute atomic E-state index is 5.74. The number of ether oxygens (including phenoxy) is 1. The predicted octanol–water partition coefficient (Wildman–Crippen LogP) is 5.19. The fourth-order valence-electron chi connectivity index (χ4n) is 3.05. The molecule has 0 saturated carbocycles. The fraction of sp³-hybridized carbons (Fsp3) is 0.333. The predicted molar refractivity (Wildman–Crippen MR) is 92.8 cm³/mol. The van der Waals surface area contributed by atoms with Gasteiger partial charge in [-0.3, -0.25) is 0 Å². The minimum atomic E-state index is 0.728. The zero-order valence-corrected chi connectivity index (χ0v) is 13.3. The molecule has 1 heteroatoms. The van der Waals surface area contributed by atoms with E-state index in [9.17, 15) is 0 Å². The smallest absolute Gasteiger partial charge is 0.0913 e. The maximum Gasteiger partial charge on any atom is 0.0913 e. The Kier molecular flexibility index (Phi) is 4.95. The van der Waals surface area contributed by atoms with Gasteiger partial charge in [-0.1, -0.05) is 48.5 Å². The summed E-state index contributed by atoms with van der Waals surface area (Å²) >= 11 is 0. The van der Waals surface area contributed by atoms with E-state index in [0.29, 0.717) is 0 Å². The average Bonchev–Trinajstić information content (AvgIpc) is 2.59. The highest BCUT2D eigenvalue weighted by atomic mass is 16.5. The van der Waals surface area contributed by atoms with Crippen molar-refractivity contribution in [3.8, 4) is 0 Å². The number of benzene rings is 2. The largest absolute Gasteiger partial charge is 0.501 e. The van der Waals surface area contributed by atoms with Gasteiger partial charge in [0.1, 0.15) is 0 Å². The van der Waals surface area contributed by atoms with E-state index in [2.05, 4.69) is 49.4 Å². The molecule has 1 nitrogen and oxygen atoms in total. The Balaban J connectivity index is 1.57. The van der Waals surface area contributed by atoms with Gasteiger partial charge < -0.3 is 4.74 Å². The quantitative estimate of drug-likeness (QED) is 0.544. The summed E-state index contributed by atoms with van der Waals surface area (Å²) in [5.41, 5.74) is 6.89. The monoisotopic (exact) mass is 292 g/mol. The lowest BCUT2D eigenvalue weighted by molar-refractivity contribution is 0.255. The Morgan fingerprint density at radius 2 is 1.77 bits per heavy atom. The first-order valence-electron chi connectivity index (χ1n) is 8.27. The van der Waals surface area contributed by atoms with Gasteiger partial charge >= 0.3 is 0 Å². The Morgan fingerprint density at radius 1 is 1.00 bits per heavy atom. The lowest BCUT2D eigenvalue weighted by Crippen LogP contribution is -2.02. The van der Waals surface area contributed by atoms with Crippen LogP contribution in [0.15, 0.2) is 54.8 Å². The van der Waals surface area contributed by atoms with E-state index in [1.165, 1.54) is 53.5 Å². The molecule has 2 aromatic carbocycles. The molecule has 0 spiro atoms. The Bertz CT molecular complexity index is 640. The molecule has 0 saturated heterocycles. The average molecular weight is 292 g/mol. The van der Waals surface area contributed by atoms with Crippen molar-refractivity contribution in [3.05, 3.63) is 77.0 Å². The van der Waals surface area contributed by atoms with Gasteiger partial charge in [0.15, 0.2) is 0 Å². The third-order valence-corrected chi connectivity index (χ3v) is 4.42. The molecule has 0 aliphatic heterocycles. The molecule has 0 aromatic heterocycles. The molecule has 114 valence electrons. The zero-order valence-electron chi connectivity index (χ0n) is 13.3. The molecule has 0 radical (unpaired) electrons. The van der Waals surface area contributed by atoms with Gasteiger partial charge in [0.25, 0.3) is 0 Å². The maximum atomic E-state index is 5.74. The fourth-order valence-corrected chi connectivity index (χ4v) is 3.05. The van der Waals surface area contributed by atoms with Crippen LogP contribution in [0.25, 0.3) is 5.57 Å². The van der Waals surface area contributed by atoms with Crippen LogP contribution < -0.4 is 0 Å². The SMILES string of the molecule is CC(=COCCc1ccccc1)c1ccc2c(c1)CCCC2. The summed E-state index contributed by atoms with van der Waals surface area (Å²) in [6, 6.07) is 17.4. The van der Waals surface area contributed by atoms with E-state index < -0.39 is 0 Å². The second-order valence-corrected chi connectivity index (χ2v) is 6.10. The Hall–Kier alpha value is -2.02. The van der Waals surface area contributed by atoms with Crippen molar-refractivity contribution in [1.29, 1.82) is 0 Å². The van der Waals surface area contributed by atoms with Crippen LogP contribution in [0.2, 0.25) is 0 Å². The van der Waals surface area contributed by atoms with Crippen molar-refractivity contribution in [2.75, 3.05) is 6.61 Å². The van der Waals surface area contributed by atoms with Crippen molar-refractivity contribution in [1.82, 2.24) is 0 Å². The van der Waals surface area contributed by atoms with Crippen molar-refractivity contribution in [3.63, 3.8) is 0 Å². The van der Waals surface area contributed by atoms with Crippen LogP contribution in [-0.4, -0.2) is 6.61 Å². The topological polar surface area (TPSA) is 9.23 Å². The molecule has 0 amide bonds.